The lowest BCUT2D eigenvalue weighted by Crippen LogP contribution is -1.86. The van der Waals surface area contributed by atoms with E-state index in [2.05, 4.69) is 15.3 Å². The summed E-state index contributed by atoms with van der Waals surface area (Å²) >= 11 is 0. The van der Waals surface area contributed by atoms with Gasteiger partial charge in [0.05, 0.1) is 0 Å². The van der Waals surface area contributed by atoms with E-state index < -0.39 is 0 Å². The SMILES string of the molecule is CNc1nc(-c2ccc3oc(C)nc3c2)co1. The maximum absolute atomic E-state index is 5.42. The number of aryl methyl sites for hydroxylation is 1. The minimum atomic E-state index is 0.497. The van der Waals surface area contributed by atoms with Crippen LogP contribution >= 0.6 is 0 Å². The molecular formula is C12H11N3O2. The van der Waals surface area contributed by atoms with Gasteiger partial charge in [-0.15, -0.1) is 0 Å². The summed E-state index contributed by atoms with van der Waals surface area (Å²) in [5.74, 6) is 0.660. The maximum atomic E-state index is 5.42. The lowest BCUT2D eigenvalue weighted by molar-refractivity contribution is 0.561. The zero-order chi connectivity index (χ0) is 11.8. The Morgan fingerprint density at radius 1 is 1.24 bits per heavy atom. The zero-order valence-electron chi connectivity index (χ0n) is 9.52. The van der Waals surface area contributed by atoms with Gasteiger partial charge in [-0.1, -0.05) is 0 Å². The molecule has 2 aromatic heterocycles. The van der Waals surface area contributed by atoms with Crippen molar-refractivity contribution < 1.29 is 8.83 Å². The summed E-state index contributed by atoms with van der Waals surface area (Å²) in [5.41, 5.74) is 3.34. The first kappa shape index (κ1) is 9.89. The molecule has 0 aliphatic carbocycles. The van der Waals surface area contributed by atoms with E-state index in [-0.39, 0.29) is 0 Å². The highest BCUT2D eigenvalue weighted by molar-refractivity contribution is 5.79. The quantitative estimate of drug-likeness (QED) is 0.732. The Morgan fingerprint density at radius 3 is 2.88 bits per heavy atom. The van der Waals surface area contributed by atoms with E-state index in [1.165, 1.54) is 0 Å². The average Bonchev–Trinajstić information content (AvgIpc) is 2.92. The molecule has 3 rings (SSSR count). The minimum absolute atomic E-state index is 0.497. The fourth-order valence-corrected chi connectivity index (χ4v) is 1.72. The number of anilines is 1. The molecule has 0 aliphatic heterocycles. The fraction of sp³-hybridized carbons (Fsp3) is 0.167. The molecule has 5 heteroatoms. The molecule has 0 spiro atoms. The first-order valence-corrected chi connectivity index (χ1v) is 5.27. The van der Waals surface area contributed by atoms with E-state index in [1.54, 1.807) is 13.3 Å². The first-order chi connectivity index (χ1) is 8.26. The number of nitrogens with zero attached hydrogens (tertiary/aromatic N) is 2. The van der Waals surface area contributed by atoms with E-state index in [1.807, 2.05) is 25.1 Å². The fourth-order valence-electron chi connectivity index (χ4n) is 1.72. The second kappa shape index (κ2) is 3.62. The molecule has 3 aromatic rings. The molecule has 5 nitrogen and oxygen atoms in total. The van der Waals surface area contributed by atoms with Gasteiger partial charge in [0.15, 0.2) is 11.5 Å². The summed E-state index contributed by atoms with van der Waals surface area (Å²) in [6.45, 7) is 1.83. The molecular weight excluding hydrogens is 218 g/mol. The number of nitrogens with one attached hydrogen (secondary N) is 1. The lowest BCUT2D eigenvalue weighted by atomic mass is 10.1. The molecule has 0 saturated heterocycles. The number of benzene rings is 1. The number of aromatic nitrogens is 2. The smallest absolute Gasteiger partial charge is 0.294 e. The molecule has 0 atom stereocenters. The predicted octanol–water partition coefficient (Wildman–Crippen LogP) is 2.83. The molecule has 0 bridgehead atoms. The van der Waals surface area contributed by atoms with Crippen molar-refractivity contribution in [1.29, 1.82) is 0 Å². The normalized spacial score (nSPS) is 10.9. The summed E-state index contributed by atoms with van der Waals surface area (Å²) in [6.07, 6.45) is 1.61. The van der Waals surface area contributed by atoms with Crippen LogP contribution < -0.4 is 5.32 Å². The highest BCUT2D eigenvalue weighted by Gasteiger charge is 2.08. The van der Waals surface area contributed by atoms with E-state index in [0.29, 0.717) is 11.9 Å². The van der Waals surface area contributed by atoms with Crippen LogP contribution in [0.15, 0.2) is 33.3 Å². The first-order valence-electron chi connectivity index (χ1n) is 5.27. The minimum Gasteiger partial charge on any atom is -0.441 e. The van der Waals surface area contributed by atoms with Gasteiger partial charge in [0.1, 0.15) is 17.5 Å². The van der Waals surface area contributed by atoms with Gasteiger partial charge < -0.3 is 14.2 Å². The van der Waals surface area contributed by atoms with Crippen LogP contribution in [0.2, 0.25) is 0 Å². The summed E-state index contributed by atoms with van der Waals surface area (Å²) in [7, 11) is 1.76. The van der Waals surface area contributed by atoms with Crippen LogP contribution in [0, 0.1) is 6.92 Å². The van der Waals surface area contributed by atoms with Gasteiger partial charge >= 0.3 is 0 Å². The van der Waals surface area contributed by atoms with Crippen LogP contribution in [-0.2, 0) is 0 Å². The predicted molar refractivity (Wildman–Crippen MR) is 63.8 cm³/mol. The standard InChI is InChI=1S/C12H11N3O2/c1-7-14-9-5-8(3-4-11(9)17-7)10-6-16-12(13-2)15-10/h3-6H,1-2H3,(H,13,15). The summed E-state index contributed by atoms with van der Waals surface area (Å²) in [5, 5.41) is 2.85. The second-order valence-corrected chi connectivity index (χ2v) is 3.70. The van der Waals surface area contributed by atoms with Gasteiger partial charge in [-0.2, -0.15) is 4.98 Å². The third-order valence-corrected chi connectivity index (χ3v) is 2.51. The van der Waals surface area contributed by atoms with Gasteiger partial charge in [0.25, 0.3) is 6.01 Å². The number of oxazole rings is 2. The molecule has 0 amide bonds. The van der Waals surface area contributed by atoms with Gasteiger partial charge in [0, 0.05) is 19.5 Å². The van der Waals surface area contributed by atoms with Crippen molar-refractivity contribution in [2.24, 2.45) is 0 Å². The highest BCUT2D eigenvalue weighted by Crippen LogP contribution is 2.25. The van der Waals surface area contributed by atoms with Gasteiger partial charge in [-0.05, 0) is 18.2 Å². The lowest BCUT2D eigenvalue weighted by Gasteiger charge is -1.94. The summed E-state index contributed by atoms with van der Waals surface area (Å²) in [4.78, 5) is 8.56. The van der Waals surface area contributed by atoms with Crippen molar-refractivity contribution in [3.05, 3.63) is 30.4 Å². The van der Waals surface area contributed by atoms with Crippen molar-refractivity contribution in [3.63, 3.8) is 0 Å². The summed E-state index contributed by atoms with van der Waals surface area (Å²) < 4.78 is 10.6. The Kier molecular flexibility index (Phi) is 2.11. The molecule has 0 fully saturated rings. The van der Waals surface area contributed by atoms with Crippen molar-refractivity contribution >= 4 is 17.1 Å². The third-order valence-electron chi connectivity index (χ3n) is 2.51. The second-order valence-electron chi connectivity index (χ2n) is 3.70. The van der Waals surface area contributed by atoms with Crippen molar-refractivity contribution in [2.45, 2.75) is 6.92 Å². The average molecular weight is 229 g/mol. The Hall–Kier alpha value is -2.30. The Bertz CT molecular complexity index is 669. The van der Waals surface area contributed by atoms with Crippen LogP contribution in [0.25, 0.3) is 22.4 Å². The zero-order valence-corrected chi connectivity index (χ0v) is 9.52. The van der Waals surface area contributed by atoms with E-state index >= 15 is 0 Å². The largest absolute Gasteiger partial charge is 0.441 e. The third kappa shape index (κ3) is 1.65. The molecule has 0 aliphatic rings. The number of hydrogen-bond acceptors (Lipinski definition) is 5. The number of fused-ring (bicyclic) bond motifs is 1. The van der Waals surface area contributed by atoms with Crippen LogP contribution in [-0.4, -0.2) is 17.0 Å². The monoisotopic (exact) mass is 229 g/mol. The van der Waals surface area contributed by atoms with Crippen molar-refractivity contribution in [3.8, 4) is 11.3 Å². The molecule has 0 unspecified atom stereocenters. The van der Waals surface area contributed by atoms with E-state index in [0.717, 1.165) is 22.4 Å². The van der Waals surface area contributed by atoms with Crippen LogP contribution in [0.3, 0.4) is 0 Å². The van der Waals surface area contributed by atoms with Crippen LogP contribution in [0.4, 0.5) is 6.01 Å². The van der Waals surface area contributed by atoms with E-state index in [4.69, 9.17) is 8.83 Å². The van der Waals surface area contributed by atoms with Crippen LogP contribution in [0.5, 0.6) is 0 Å². The van der Waals surface area contributed by atoms with Gasteiger partial charge in [0.2, 0.25) is 0 Å². The molecule has 1 aromatic carbocycles. The maximum Gasteiger partial charge on any atom is 0.294 e. The molecule has 0 saturated carbocycles. The van der Waals surface area contributed by atoms with Gasteiger partial charge in [-0.25, -0.2) is 4.98 Å². The number of rotatable bonds is 2. The highest BCUT2D eigenvalue weighted by atomic mass is 16.4. The van der Waals surface area contributed by atoms with E-state index in [9.17, 15) is 0 Å². The topological polar surface area (TPSA) is 64.1 Å². The Balaban J connectivity index is 2.10. The van der Waals surface area contributed by atoms with Crippen molar-refractivity contribution in [1.82, 2.24) is 9.97 Å². The molecule has 2 heterocycles. The Labute approximate surface area is 97.5 Å². The van der Waals surface area contributed by atoms with Gasteiger partial charge in [-0.3, -0.25) is 0 Å². The summed E-state index contributed by atoms with van der Waals surface area (Å²) in [6, 6.07) is 6.25. The molecule has 86 valence electrons. The molecule has 17 heavy (non-hydrogen) atoms. The van der Waals surface area contributed by atoms with Crippen molar-refractivity contribution in [2.75, 3.05) is 12.4 Å². The van der Waals surface area contributed by atoms with Crippen LogP contribution in [0.1, 0.15) is 5.89 Å². The molecule has 0 radical (unpaired) electrons. The number of hydrogen-bond donors (Lipinski definition) is 1. The Morgan fingerprint density at radius 2 is 2.12 bits per heavy atom. The molecule has 1 N–H and O–H groups in total.